The Bertz CT molecular complexity index is 422. The molecule has 0 unspecified atom stereocenters. The van der Waals surface area contributed by atoms with E-state index >= 15 is 0 Å². The predicted octanol–water partition coefficient (Wildman–Crippen LogP) is 2.35. The van der Waals surface area contributed by atoms with Crippen LogP contribution >= 0.6 is 15.9 Å². The van der Waals surface area contributed by atoms with E-state index in [1.807, 2.05) is 18.2 Å². The van der Waals surface area contributed by atoms with Gasteiger partial charge >= 0.3 is 0 Å². The zero-order valence-electron chi connectivity index (χ0n) is 7.50. The number of nitrogens with one attached hydrogen (secondary N) is 1. The first-order valence-corrected chi connectivity index (χ1v) is 5.09. The number of anilines is 1. The van der Waals surface area contributed by atoms with Crippen LogP contribution in [0.25, 0.3) is 0 Å². The molecule has 0 saturated carbocycles. The van der Waals surface area contributed by atoms with E-state index in [9.17, 15) is 0 Å². The number of H-pyrrole nitrogens is 1. The van der Waals surface area contributed by atoms with Gasteiger partial charge < -0.3 is 5.73 Å². The second-order valence-electron chi connectivity index (χ2n) is 3.06. The molecule has 0 spiro atoms. The van der Waals surface area contributed by atoms with Crippen LogP contribution in [0.5, 0.6) is 0 Å². The Morgan fingerprint density at radius 1 is 1.29 bits per heavy atom. The molecule has 2 aromatic rings. The van der Waals surface area contributed by atoms with Crippen molar-refractivity contribution in [1.29, 1.82) is 0 Å². The van der Waals surface area contributed by atoms with Gasteiger partial charge in [0, 0.05) is 6.42 Å². The van der Waals surface area contributed by atoms with Crippen LogP contribution in [0.1, 0.15) is 11.3 Å². The smallest absolute Gasteiger partial charge is 0.159 e. The second-order valence-corrected chi connectivity index (χ2v) is 3.86. The molecule has 0 bridgehead atoms. The first-order valence-electron chi connectivity index (χ1n) is 4.29. The summed E-state index contributed by atoms with van der Waals surface area (Å²) < 4.78 is 0.862. The van der Waals surface area contributed by atoms with Gasteiger partial charge in [-0.2, -0.15) is 5.10 Å². The van der Waals surface area contributed by atoms with Gasteiger partial charge in [0.25, 0.3) is 0 Å². The van der Waals surface area contributed by atoms with Gasteiger partial charge in [-0.25, -0.2) is 0 Å². The Hall–Kier alpha value is -1.29. The van der Waals surface area contributed by atoms with Crippen LogP contribution < -0.4 is 5.73 Å². The summed E-state index contributed by atoms with van der Waals surface area (Å²) >= 11 is 3.39. The van der Waals surface area contributed by atoms with Crippen LogP contribution in [-0.2, 0) is 6.42 Å². The first-order chi connectivity index (χ1) is 6.77. The lowest BCUT2D eigenvalue weighted by molar-refractivity contribution is 0.997. The molecule has 0 aliphatic carbocycles. The molecule has 2 rings (SSSR count). The molecule has 0 atom stereocenters. The number of aromatic amines is 1. The molecule has 1 aromatic carbocycles. The third-order valence-electron chi connectivity index (χ3n) is 2.02. The highest BCUT2D eigenvalue weighted by molar-refractivity contribution is 9.10. The minimum absolute atomic E-state index is 0.510. The summed E-state index contributed by atoms with van der Waals surface area (Å²) in [6.45, 7) is 0. The van der Waals surface area contributed by atoms with Gasteiger partial charge in [-0.05, 0) is 21.5 Å². The van der Waals surface area contributed by atoms with E-state index in [1.54, 1.807) is 0 Å². The van der Waals surface area contributed by atoms with E-state index < -0.39 is 0 Å². The quantitative estimate of drug-likeness (QED) is 0.861. The van der Waals surface area contributed by atoms with Gasteiger partial charge in [-0.15, -0.1) is 0 Å². The summed E-state index contributed by atoms with van der Waals surface area (Å²) in [5.41, 5.74) is 7.85. The molecule has 0 radical (unpaired) electrons. The molecule has 3 nitrogen and oxygen atoms in total. The largest absolute Gasteiger partial charge is 0.381 e. The van der Waals surface area contributed by atoms with Crippen molar-refractivity contribution in [2.75, 3.05) is 5.73 Å². The fraction of sp³-hybridized carbons (Fsp3) is 0.100. The summed E-state index contributed by atoms with van der Waals surface area (Å²) in [5, 5.41) is 6.82. The number of nitrogens with two attached hydrogens (primary N) is 1. The van der Waals surface area contributed by atoms with Crippen molar-refractivity contribution in [3.63, 3.8) is 0 Å². The summed E-state index contributed by atoms with van der Waals surface area (Å²) in [6, 6.07) is 10.2. The van der Waals surface area contributed by atoms with Gasteiger partial charge in [0.1, 0.15) is 0 Å². The zero-order chi connectivity index (χ0) is 9.97. The van der Waals surface area contributed by atoms with Gasteiger partial charge in [0.2, 0.25) is 0 Å². The Morgan fingerprint density at radius 3 is 2.57 bits per heavy atom. The monoisotopic (exact) mass is 251 g/mol. The lowest BCUT2D eigenvalue weighted by atomic mass is 10.1. The highest BCUT2D eigenvalue weighted by atomic mass is 79.9. The minimum atomic E-state index is 0.510. The van der Waals surface area contributed by atoms with E-state index in [0.717, 1.165) is 16.6 Å². The van der Waals surface area contributed by atoms with Crippen LogP contribution in [0, 0.1) is 0 Å². The van der Waals surface area contributed by atoms with Crippen molar-refractivity contribution < 1.29 is 0 Å². The third kappa shape index (κ3) is 1.80. The minimum Gasteiger partial charge on any atom is -0.381 e. The predicted molar refractivity (Wildman–Crippen MR) is 59.9 cm³/mol. The Kier molecular flexibility index (Phi) is 2.54. The number of hydrogen-bond acceptors (Lipinski definition) is 2. The number of halogens is 1. The summed E-state index contributed by atoms with van der Waals surface area (Å²) in [4.78, 5) is 0. The molecule has 0 saturated heterocycles. The van der Waals surface area contributed by atoms with Crippen molar-refractivity contribution in [2.45, 2.75) is 6.42 Å². The van der Waals surface area contributed by atoms with Gasteiger partial charge in [-0.3, -0.25) is 5.10 Å². The SMILES string of the molecule is Nc1n[nH]c(Cc2ccccc2)c1Br. The average Bonchev–Trinajstić information content (AvgIpc) is 2.52. The van der Waals surface area contributed by atoms with Gasteiger partial charge in [0.05, 0.1) is 10.2 Å². The van der Waals surface area contributed by atoms with Crippen molar-refractivity contribution in [3.8, 4) is 0 Å². The first kappa shape index (κ1) is 9.27. The molecule has 3 N–H and O–H groups in total. The van der Waals surface area contributed by atoms with Gasteiger partial charge in [-0.1, -0.05) is 30.3 Å². The average molecular weight is 252 g/mol. The highest BCUT2D eigenvalue weighted by Gasteiger charge is 2.07. The fourth-order valence-electron chi connectivity index (χ4n) is 1.30. The molecule has 0 aliphatic rings. The Balaban J connectivity index is 2.23. The standard InChI is InChI=1S/C10H10BrN3/c11-9-8(13-14-10(9)12)6-7-4-2-1-3-5-7/h1-5H,6H2,(H3,12,13,14). The summed E-state index contributed by atoms with van der Waals surface area (Å²) in [5.74, 6) is 0.510. The van der Waals surface area contributed by atoms with Crippen molar-refractivity contribution in [2.24, 2.45) is 0 Å². The lowest BCUT2D eigenvalue weighted by Gasteiger charge is -1.98. The van der Waals surface area contributed by atoms with Gasteiger partial charge in [0.15, 0.2) is 5.82 Å². The molecule has 1 heterocycles. The topological polar surface area (TPSA) is 54.7 Å². The van der Waals surface area contributed by atoms with Crippen LogP contribution in [0.3, 0.4) is 0 Å². The van der Waals surface area contributed by atoms with E-state index in [4.69, 9.17) is 5.73 Å². The number of aromatic nitrogens is 2. The number of benzene rings is 1. The van der Waals surface area contributed by atoms with E-state index in [-0.39, 0.29) is 0 Å². The maximum atomic E-state index is 5.61. The second kappa shape index (κ2) is 3.84. The van der Waals surface area contributed by atoms with Crippen molar-refractivity contribution in [3.05, 3.63) is 46.1 Å². The molecule has 4 heteroatoms. The van der Waals surface area contributed by atoms with Crippen molar-refractivity contribution >= 4 is 21.7 Å². The summed E-state index contributed by atoms with van der Waals surface area (Å²) in [6.07, 6.45) is 0.811. The zero-order valence-corrected chi connectivity index (χ0v) is 9.08. The molecule has 14 heavy (non-hydrogen) atoms. The maximum absolute atomic E-state index is 5.61. The molecular weight excluding hydrogens is 242 g/mol. The Morgan fingerprint density at radius 2 is 2.00 bits per heavy atom. The molecular formula is C10H10BrN3. The summed E-state index contributed by atoms with van der Waals surface area (Å²) in [7, 11) is 0. The number of hydrogen-bond donors (Lipinski definition) is 2. The van der Waals surface area contributed by atoms with E-state index in [2.05, 4.69) is 38.3 Å². The molecule has 0 fully saturated rings. The van der Waals surface area contributed by atoms with Crippen molar-refractivity contribution in [1.82, 2.24) is 10.2 Å². The number of nitrogens with zero attached hydrogens (tertiary/aromatic N) is 1. The normalized spacial score (nSPS) is 10.4. The highest BCUT2D eigenvalue weighted by Crippen LogP contribution is 2.22. The van der Waals surface area contributed by atoms with Crippen LogP contribution in [0.2, 0.25) is 0 Å². The number of rotatable bonds is 2. The lowest BCUT2D eigenvalue weighted by Crippen LogP contribution is -1.89. The fourth-order valence-corrected chi connectivity index (χ4v) is 1.62. The maximum Gasteiger partial charge on any atom is 0.159 e. The molecule has 72 valence electrons. The van der Waals surface area contributed by atoms with Crippen LogP contribution in [-0.4, -0.2) is 10.2 Å². The molecule has 0 aliphatic heterocycles. The van der Waals surface area contributed by atoms with E-state index in [0.29, 0.717) is 5.82 Å². The Labute approximate surface area is 90.5 Å². The van der Waals surface area contributed by atoms with Crippen LogP contribution in [0.4, 0.5) is 5.82 Å². The van der Waals surface area contributed by atoms with Crippen LogP contribution in [0.15, 0.2) is 34.8 Å². The number of nitrogen functional groups attached to an aromatic ring is 1. The van der Waals surface area contributed by atoms with E-state index in [1.165, 1.54) is 5.56 Å². The molecule has 0 amide bonds. The molecule has 1 aromatic heterocycles. The third-order valence-corrected chi connectivity index (χ3v) is 2.91.